The first-order valence-electron chi connectivity index (χ1n) is 11.8. The van der Waals surface area contributed by atoms with Crippen molar-refractivity contribution in [2.24, 2.45) is 4.99 Å². The van der Waals surface area contributed by atoms with Crippen LogP contribution in [0, 0.1) is 0 Å². The molecule has 0 aliphatic carbocycles. The molecular weight excluding hydrogens is 563 g/mol. The van der Waals surface area contributed by atoms with Gasteiger partial charge < -0.3 is 14.3 Å². The van der Waals surface area contributed by atoms with Gasteiger partial charge in [0.15, 0.2) is 4.80 Å². The molecule has 8 nitrogen and oxygen atoms in total. The summed E-state index contributed by atoms with van der Waals surface area (Å²) in [5.74, 6) is -0.946. The van der Waals surface area contributed by atoms with E-state index in [4.69, 9.17) is 32.4 Å². The smallest absolute Gasteiger partial charge is 0.338 e. The molecule has 4 aromatic rings. The van der Waals surface area contributed by atoms with Crippen molar-refractivity contribution in [1.82, 2.24) is 4.57 Å². The van der Waals surface area contributed by atoms with Crippen LogP contribution in [0.3, 0.4) is 0 Å². The first kappa shape index (κ1) is 26.7. The van der Waals surface area contributed by atoms with Crippen LogP contribution in [-0.2, 0) is 9.53 Å². The third-order valence-corrected chi connectivity index (χ3v) is 7.75. The number of halogens is 2. The predicted molar refractivity (Wildman–Crippen MR) is 148 cm³/mol. The molecule has 198 valence electrons. The second-order valence-electron chi connectivity index (χ2n) is 8.53. The normalized spacial score (nSPS) is 15.2. The van der Waals surface area contributed by atoms with Gasteiger partial charge in [0.2, 0.25) is 0 Å². The van der Waals surface area contributed by atoms with E-state index in [0.717, 1.165) is 11.3 Å². The highest BCUT2D eigenvalue weighted by molar-refractivity contribution is 7.07. The zero-order valence-corrected chi connectivity index (χ0v) is 22.9. The van der Waals surface area contributed by atoms with Crippen molar-refractivity contribution in [3.05, 3.63) is 112 Å². The number of ether oxygens (including phenoxy) is 1. The van der Waals surface area contributed by atoms with E-state index >= 15 is 0 Å². The van der Waals surface area contributed by atoms with Gasteiger partial charge in [0.05, 0.1) is 33.0 Å². The fraction of sp³-hybridized carbons (Fsp3) is 0.143. The van der Waals surface area contributed by atoms with Crippen LogP contribution in [0.25, 0.3) is 17.4 Å². The van der Waals surface area contributed by atoms with Crippen LogP contribution in [0.5, 0.6) is 0 Å². The molecule has 1 aliphatic heterocycles. The number of rotatable bonds is 6. The summed E-state index contributed by atoms with van der Waals surface area (Å²) in [6.45, 7) is 3.57. The highest BCUT2D eigenvalue weighted by Crippen LogP contribution is 2.34. The van der Waals surface area contributed by atoms with Gasteiger partial charge in [-0.2, -0.15) is 0 Å². The number of carboxylic acid groups (broad SMARTS) is 1. The number of allylic oxidation sites excluding steroid dienone is 1. The largest absolute Gasteiger partial charge is 0.478 e. The highest BCUT2D eigenvalue weighted by Gasteiger charge is 2.34. The Labute approximate surface area is 235 Å². The molecule has 0 saturated heterocycles. The summed E-state index contributed by atoms with van der Waals surface area (Å²) in [7, 11) is 0. The minimum Gasteiger partial charge on any atom is -0.478 e. The van der Waals surface area contributed by atoms with Gasteiger partial charge in [-0.1, -0.05) is 52.7 Å². The third kappa shape index (κ3) is 4.96. The minimum atomic E-state index is -1.15. The summed E-state index contributed by atoms with van der Waals surface area (Å²) in [5, 5.41) is 9.88. The fourth-order valence-corrected chi connectivity index (χ4v) is 5.80. The van der Waals surface area contributed by atoms with Gasteiger partial charge in [0, 0.05) is 16.7 Å². The maximum Gasteiger partial charge on any atom is 0.338 e. The number of carbonyl (C=O) groups is 2. The molecule has 5 rings (SSSR count). The average Bonchev–Trinajstić information content (AvgIpc) is 3.48. The molecule has 0 fully saturated rings. The molecule has 3 heterocycles. The Hall–Kier alpha value is -3.92. The summed E-state index contributed by atoms with van der Waals surface area (Å²) in [4.78, 5) is 43.1. The Morgan fingerprint density at radius 2 is 1.92 bits per heavy atom. The molecule has 0 saturated carbocycles. The molecule has 1 aliphatic rings. The number of hydrogen-bond donors (Lipinski definition) is 1. The SMILES string of the molecule is CCOC(=O)C1=C(C)N=c2s/c(=C\c3ccc(-c4ccc(Cl)c(C(=O)O)c4)o3)c(=O)n2C1c1ccccc1Cl. The lowest BCUT2D eigenvalue weighted by Gasteiger charge is -2.25. The van der Waals surface area contributed by atoms with Crippen LogP contribution in [-0.4, -0.2) is 28.2 Å². The molecule has 0 spiro atoms. The monoisotopic (exact) mass is 582 g/mol. The zero-order chi connectivity index (χ0) is 27.8. The van der Waals surface area contributed by atoms with Gasteiger partial charge in [-0.3, -0.25) is 9.36 Å². The van der Waals surface area contributed by atoms with Crippen molar-refractivity contribution in [3.63, 3.8) is 0 Å². The van der Waals surface area contributed by atoms with Gasteiger partial charge >= 0.3 is 11.9 Å². The van der Waals surface area contributed by atoms with Crippen molar-refractivity contribution >= 4 is 52.6 Å². The first-order valence-corrected chi connectivity index (χ1v) is 13.3. The maximum atomic E-state index is 13.7. The summed E-state index contributed by atoms with van der Waals surface area (Å²) >= 11 is 13.7. The number of furan rings is 1. The van der Waals surface area contributed by atoms with Crippen LogP contribution in [0.2, 0.25) is 10.0 Å². The molecule has 1 N–H and O–H groups in total. The minimum absolute atomic E-state index is 0.0484. The number of aromatic nitrogens is 1. The second kappa shape index (κ2) is 10.7. The Bertz CT molecular complexity index is 1850. The van der Waals surface area contributed by atoms with E-state index in [2.05, 4.69) is 4.99 Å². The Kier molecular flexibility index (Phi) is 7.31. The summed E-state index contributed by atoms with van der Waals surface area (Å²) < 4.78 is 13.0. The zero-order valence-electron chi connectivity index (χ0n) is 20.6. The van der Waals surface area contributed by atoms with Crippen molar-refractivity contribution in [2.75, 3.05) is 6.61 Å². The molecule has 2 aromatic heterocycles. The van der Waals surface area contributed by atoms with Crippen molar-refractivity contribution in [1.29, 1.82) is 0 Å². The van der Waals surface area contributed by atoms with Crippen LogP contribution in [0.15, 0.2) is 80.1 Å². The number of benzene rings is 2. The van der Waals surface area contributed by atoms with Crippen LogP contribution in [0.4, 0.5) is 0 Å². The number of hydrogen-bond acceptors (Lipinski definition) is 7. The van der Waals surface area contributed by atoms with E-state index in [1.165, 1.54) is 16.7 Å². The molecule has 1 atom stereocenters. The van der Waals surface area contributed by atoms with Crippen molar-refractivity contribution < 1.29 is 23.8 Å². The van der Waals surface area contributed by atoms with Gasteiger partial charge in [-0.25, -0.2) is 14.6 Å². The van der Waals surface area contributed by atoms with Crippen LogP contribution < -0.4 is 14.9 Å². The predicted octanol–water partition coefficient (Wildman–Crippen LogP) is 5.06. The van der Waals surface area contributed by atoms with Crippen molar-refractivity contribution in [3.8, 4) is 11.3 Å². The molecule has 11 heteroatoms. The first-order chi connectivity index (χ1) is 18.7. The summed E-state index contributed by atoms with van der Waals surface area (Å²) in [6.07, 6.45) is 1.58. The van der Waals surface area contributed by atoms with Gasteiger partial charge in [0.1, 0.15) is 17.6 Å². The Morgan fingerprint density at radius 3 is 2.64 bits per heavy atom. The van der Waals surface area contributed by atoms with Gasteiger partial charge in [-0.05, 0) is 55.8 Å². The van der Waals surface area contributed by atoms with E-state index < -0.39 is 18.0 Å². The second-order valence-corrected chi connectivity index (χ2v) is 10.3. The molecule has 0 amide bonds. The van der Waals surface area contributed by atoms with Crippen LogP contribution >= 0.6 is 34.5 Å². The van der Waals surface area contributed by atoms with Crippen LogP contribution in [0.1, 0.15) is 41.6 Å². The lowest BCUT2D eigenvalue weighted by atomic mass is 9.96. The molecule has 39 heavy (non-hydrogen) atoms. The number of esters is 1. The van der Waals surface area contributed by atoms with Crippen molar-refractivity contribution in [2.45, 2.75) is 19.9 Å². The fourth-order valence-electron chi connectivity index (χ4n) is 4.34. The molecule has 0 radical (unpaired) electrons. The third-order valence-electron chi connectivity index (χ3n) is 6.10. The number of thiazole rings is 1. The molecule has 0 bridgehead atoms. The Balaban J connectivity index is 1.63. The topological polar surface area (TPSA) is 111 Å². The lowest BCUT2D eigenvalue weighted by molar-refractivity contribution is -0.139. The molecule has 1 unspecified atom stereocenters. The highest BCUT2D eigenvalue weighted by atomic mass is 35.5. The number of aromatic carboxylic acids is 1. The lowest BCUT2D eigenvalue weighted by Crippen LogP contribution is -2.40. The number of fused-ring (bicyclic) bond motifs is 1. The summed E-state index contributed by atoms with van der Waals surface area (Å²) in [5.41, 5.74) is 1.33. The maximum absolute atomic E-state index is 13.7. The van der Waals surface area contributed by atoms with E-state index in [1.54, 1.807) is 62.4 Å². The molecular formula is C28H20Cl2N2O6S. The average molecular weight is 583 g/mol. The Morgan fingerprint density at radius 1 is 1.15 bits per heavy atom. The summed E-state index contributed by atoms with van der Waals surface area (Å²) in [6, 6.07) is 14.1. The molecule has 2 aromatic carbocycles. The standard InChI is InChI=1S/C28H20Cl2N2O6S/c1-3-37-27(36)23-14(2)31-28-32(24(23)17-6-4-5-7-19(17)29)25(33)22(39-28)13-16-9-11-21(38-16)15-8-10-20(30)18(12-15)26(34)35/h4-13,24H,3H2,1-2H3,(H,34,35)/b22-13-. The van der Waals surface area contributed by atoms with Gasteiger partial charge in [-0.15, -0.1) is 0 Å². The number of nitrogens with zero attached hydrogens (tertiary/aromatic N) is 2. The van der Waals surface area contributed by atoms with E-state index in [1.807, 2.05) is 0 Å². The van der Waals surface area contributed by atoms with E-state index in [-0.39, 0.29) is 28.3 Å². The van der Waals surface area contributed by atoms with E-state index in [9.17, 15) is 19.5 Å². The van der Waals surface area contributed by atoms with E-state index in [0.29, 0.717) is 42.7 Å². The van der Waals surface area contributed by atoms with Gasteiger partial charge in [0.25, 0.3) is 5.56 Å². The number of carbonyl (C=O) groups excluding carboxylic acids is 1. The number of carboxylic acids is 1. The quantitative estimate of drug-likeness (QED) is 0.318.